The van der Waals surface area contributed by atoms with Crippen molar-refractivity contribution >= 4 is 33.0 Å². The van der Waals surface area contributed by atoms with Gasteiger partial charge in [-0.1, -0.05) is 48.0 Å². The third-order valence-corrected chi connectivity index (χ3v) is 6.07. The van der Waals surface area contributed by atoms with Crippen molar-refractivity contribution in [2.75, 3.05) is 13.9 Å². The van der Waals surface area contributed by atoms with Crippen LogP contribution >= 0.6 is 27.5 Å². The van der Waals surface area contributed by atoms with Gasteiger partial charge in [-0.15, -0.1) is 0 Å². The Bertz CT molecular complexity index is 1470. The smallest absolute Gasteiger partial charge is 0.279 e. The van der Waals surface area contributed by atoms with Crippen molar-refractivity contribution in [2.24, 2.45) is 0 Å². The van der Waals surface area contributed by atoms with Crippen LogP contribution in [0.4, 0.5) is 4.39 Å². The summed E-state index contributed by atoms with van der Waals surface area (Å²) in [5, 5.41) is -0.0491. The molecular formula is C25H21BrClFN2O5. The Hall–Kier alpha value is -2.98. The van der Waals surface area contributed by atoms with E-state index in [0.29, 0.717) is 11.3 Å². The zero-order valence-electron chi connectivity index (χ0n) is 18.7. The van der Waals surface area contributed by atoms with Gasteiger partial charge in [0.25, 0.3) is 5.56 Å². The zero-order chi connectivity index (χ0) is 24.9. The van der Waals surface area contributed by atoms with Gasteiger partial charge in [0.1, 0.15) is 19.2 Å². The second-order valence-electron chi connectivity index (χ2n) is 7.69. The highest BCUT2D eigenvalue weighted by Gasteiger charge is 2.19. The Kier molecular flexibility index (Phi) is 8.02. The van der Waals surface area contributed by atoms with Crippen LogP contribution < -0.4 is 15.7 Å². The number of pyridine rings is 1. The summed E-state index contributed by atoms with van der Waals surface area (Å²) in [5.41, 5.74) is 1.15. The number of rotatable bonds is 9. The van der Waals surface area contributed by atoms with Crippen molar-refractivity contribution in [1.29, 1.82) is 0 Å². The third kappa shape index (κ3) is 5.65. The molecule has 0 aliphatic heterocycles. The van der Waals surface area contributed by atoms with Crippen LogP contribution in [0, 0.1) is 5.82 Å². The molecule has 0 fully saturated rings. The van der Waals surface area contributed by atoms with Crippen molar-refractivity contribution in [1.82, 2.24) is 8.97 Å². The average molecular weight is 564 g/mol. The number of hydrogen-bond donors (Lipinski definition) is 0. The molecule has 2 heterocycles. The molecule has 2 aromatic heterocycles. The number of benzene rings is 2. The van der Waals surface area contributed by atoms with E-state index >= 15 is 0 Å². The molecule has 10 heteroatoms. The van der Waals surface area contributed by atoms with Crippen molar-refractivity contribution in [2.45, 2.75) is 19.8 Å². The monoisotopic (exact) mass is 562 g/mol. The van der Waals surface area contributed by atoms with Crippen LogP contribution in [0.1, 0.15) is 16.8 Å². The van der Waals surface area contributed by atoms with Crippen molar-refractivity contribution in [3.63, 3.8) is 0 Å². The minimum atomic E-state index is -0.553. The van der Waals surface area contributed by atoms with Gasteiger partial charge in [-0.2, -0.15) is 0 Å². The highest BCUT2D eigenvalue weighted by molar-refractivity contribution is 9.10. The number of aromatic nitrogens is 2. The second kappa shape index (κ2) is 11.2. The fourth-order valence-corrected chi connectivity index (χ4v) is 4.17. The largest absolute Gasteiger partial charge is 0.483 e. The molecule has 0 bridgehead atoms. The SMILES string of the molecule is COCOCc1cn(Cc2ccc(F)c(Cl)c2)c(=O)c2c(OCc3ccccc3)c(=O)c(Br)cn12. The zero-order valence-corrected chi connectivity index (χ0v) is 21.0. The molecule has 0 unspecified atom stereocenters. The molecule has 0 aliphatic carbocycles. The lowest BCUT2D eigenvalue weighted by atomic mass is 10.2. The summed E-state index contributed by atoms with van der Waals surface area (Å²) >= 11 is 9.21. The minimum absolute atomic E-state index is 0.0346. The van der Waals surface area contributed by atoms with Crippen LogP contribution in [0.5, 0.6) is 5.75 Å². The van der Waals surface area contributed by atoms with E-state index in [1.807, 2.05) is 30.3 Å². The fourth-order valence-electron chi connectivity index (χ4n) is 3.58. The van der Waals surface area contributed by atoms with E-state index in [9.17, 15) is 14.0 Å². The van der Waals surface area contributed by atoms with Crippen molar-refractivity contribution < 1.29 is 18.6 Å². The molecule has 0 aliphatic rings. The molecule has 4 aromatic rings. The van der Waals surface area contributed by atoms with Crippen LogP contribution in [-0.2, 0) is 29.2 Å². The molecule has 0 saturated carbocycles. The van der Waals surface area contributed by atoms with E-state index in [2.05, 4.69) is 15.9 Å². The van der Waals surface area contributed by atoms with E-state index in [1.54, 1.807) is 16.7 Å². The van der Waals surface area contributed by atoms with E-state index < -0.39 is 16.8 Å². The summed E-state index contributed by atoms with van der Waals surface area (Å²) < 4.78 is 33.2. The van der Waals surface area contributed by atoms with E-state index in [0.717, 1.165) is 5.56 Å². The first-order valence-corrected chi connectivity index (χ1v) is 11.7. The quantitative estimate of drug-likeness (QED) is 0.217. The molecule has 4 rings (SSSR count). The molecule has 0 radical (unpaired) electrons. The maximum absolute atomic E-state index is 13.6. The summed E-state index contributed by atoms with van der Waals surface area (Å²) in [6, 6.07) is 13.5. The predicted molar refractivity (Wildman–Crippen MR) is 134 cm³/mol. The van der Waals surface area contributed by atoms with Crippen LogP contribution in [0.2, 0.25) is 5.02 Å². The fraction of sp³-hybridized carbons (Fsp3) is 0.200. The number of methoxy groups -OCH3 is 1. The van der Waals surface area contributed by atoms with Crippen LogP contribution in [0.3, 0.4) is 0 Å². The number of fused-ring (bicyclic) bond motifs is 1. The normalized spacial score (nSPS) is 11.2. The summed E-state index contributed by atoms with van der Waals surface area (Å²) in [6.45, 7) is 0.309. The van der Waals surface area contributed by atoms with Gasteiger partial charge in [0.2, 0.25) is 5.43 Å². The lowest BCUT2D eigenvalue weighted by Gasteiger charge is -2.17. The van der Waals surface area contributed by atoms with Gasteiger partial charge in [-0.05, 0) is 39.2 Å². The third-order valence-electron chi connectivity index (χ3n) is 5.21. The van der Waals surface area contributed by atoms with Crippen LogP contribution in [-0.4, -0.2) is 22.9 Å². The Balaban J connectivity index is 1.87. The van der Waals surface area contributed by atoms with Crippen molar-refractivity contribution in [3.8, 4) is 5.75 Å². The molecular weight excluding hydrogens is 543 g/mol. The van der Waals surface area contributed by atoms with E-state index in [4.69, 9.17) is 25.8 Å². The summed E-state index contributed by atoms with van der Waals surface area (Å²) in [7, 11) is 1.50. The molecule has 0 N–H and O–H groups in total. The first-order chi connectivity index (χ1) is 16.9. The second-order valence-corrected chi connectivity index (χ2v) is 8.95. The van der Waals surface area contributed by atoms with Crippen LogP contribution in [0.25, 0.3) is 5.52 Å². The predicted octanol–water partition coefficient (Wildman–Crippen LogP) is 4.76. The van der Waals surface area contributed by atoms with Gasteiger partial charge in [0.05, 0.1) is 28.3 Å². The van der Waals surface area contributed by atoms with Gasteiger partial charge in [-0.25, -0.2) is 4.39 Å². The van der Waals surface area contributed by atoms with Crippen LogP contribution in [0.15, 0.2) is 75.0 Å². The highest BCUT2D eigenvalue weighted by Crippen LogP contribution is 2.21. The first-order valence-electron chi connectivity index (χ1n) is 10.5. The summed E-state index contributed by atoms with van der Waals surface area (Å²) in [4.78, 5) is 26.6. The molecule has 2 aromatic carbocycles. The first kappa shape index (κ1) is 25.1. The van der Waals surface area contributed by atoms with Gasteiger partial charge in [-0.3, -0.25) is 9.59 Å². The number of hydrogen-bond acceptors (Lipinski definition) is 5. The number of ether oxygens (including phenoxy) is 3. The van der Waals surface area contributed by atoms with Gasteiger partial charge in [0.15, 0.2) is 11.3 Å². The molecule has 7 nitrogen and oxygen atoms in total. The standard InChI is InChI=1S/C25H21BrClFN2O5/c1-33-15-34-14-18-11-29(10-17-7-8-21(28)20(27)9-17)25(32)22-24(23(31)19(26)12-30(18)22)35-13-16-5-3-2-4-6-16/h2-9,11-12H,10,13-15H2,1H3. The molecule has 0 saturated heterocycles. The molecule has 35 heavy (non-hydrogen) atoms. The van der Waals surface area contributed by atoms with Crippen molar-refractivity contribution in [3.05, 3.63) is 114 Å². The number of nitrogens with zero attached hydrogens (tertiary/aromatic N) is 2. The number of halogens is 3. The molecule has 182 valence electrons. The summed E-state index contributed by atoms with van der Waals surface area (Å²) in [6.07, 6.45) is 3.12. The highest BCUT2D eigenvalue weighted by atomic mass is 79.9. The van der Waals surface area contributed by atoms with Gasteiger partial charge < -0.3 is 23.2 Å². The van der Waals surface area contributed by atoms with Gasteiger partial charge >= 0.3 is 0 Å². The Morgan fingerprint density at radius 2 is 1.80 bits per heavy atom. The topological polar surface area (TPSA) is 71.2 Å². The average Bonchev–Trinajstić information content (AvgIpc) is 2.85. The lowest BCUT2D eigenvalue weighted by Crippen LogP contribution is -2.28. The minimum Gasteiger partial charge on any atom is -0.483 e. The van der Waals surface area contributed by atoms with Gasteiger partial charge in [0, 0.05) is 19.5 Å². The Morgan fingerprint density at radius 1 is 1.03 bits per heavy atom. The van der Waals surface area contributed by atoms with E-state index in [1.165, 1.54) is 30.0 Å². The molecule has 0 atom stereocenters. The Labute approximate surface area is 213 Å². The Morgan fingerprint density at radius 3 is 2.51 bits per heavy atom. The molecule has 0 spiro atoms. The molecule has 0 amide bonds. The summed E-state index contributed by atoms with van der Waals surface area (Å²) in [5.74, 6) is -0.643. The maximum Gasteiger partial charge on any atom is 0.279 e. The lowest BCUT2D eigenvalue weighted by molar-refractivity contribution is -0.0405. The van der Waals surface area contributed by atoms with E-state index in [-0.39, 0.29) is 47.3 Å². The maximum atomic E-state index is 13.6.